The molecule has 1 N–H and O–H groups in total. The smallest absolute Gasteiger partial charge is 0.383 e. The van der Waals surface area contributed by atoms with Gasteiger partial charge < -0.3 is 9.63 Å². The summed E-state index contributed by atoms with van der Waals surface area (Å²) in [7, 11) is 0. The lowest BCUT2D eigenvalue weighted by molar-refractivity contribution is -0.210. The number of alkyl halides is 3. The first-order valence-corrected chi connectivity index (χ1v) is 5.98. The number of aliphatic hydroxyl groups excluding tert-OH is 1. The van der Waals surface area contributed by atoms with Crippen LogP contribution in [0.15, 0.2) is 4.52 Å². The van der Waals surface area contributed by atoms with Crippen LogP contribution < -0.4 is 0 Å². The molecule has 18 heavy (non-hydrogen) atoms. The number of rotatable bonds is 3. The van der Waals surface area contributed by atoms with Crippen LogP contribution in [0.3, 0.4) is 0 Å². The molecule has 0 bridgehead atoms. The number of halogens is 3. The Kier molecular flexibility index (Phi) is 3.61. The van der Waals surface area contributed by atoms with E-state index in [1.54, 1.807) is 0 Å². The van der Waals surface area contributed by atoms with Crippen molar-refractivity contribution in [1.82, 2.24) is 10.1 Å². The number of aliphatic hydroxyl groups is 1. The van der Waals surface area contributed by atoms with Gasteiger partial charge in [-0.1, -0.05) is 24.9 Å². The van der Waals surface area contributed by atoms with Crippen molar-refractivity contribution in [2.45, 2.75) is 56.7 Å². The van der Waals surface area contributed by atoms with Crippen molar-refractivity contribution in [1.29, 1.82) is 0 Å². The van der Waals surface area contributed by atoms with E-state index >= 15 is 0 Å². The third kappa shape index (κ3) is 2.66. The van der Waals surface area contributed by atoms with Gasteiger partial charge in [0.15, 0.2) is 11.9 Å². The minimum atomic E-state index is -4.68. The minimum absolute atomic E-state index is 0.151. The van der Waals surface area contributed by atoms with E-state index in [0.29, 0.717) is 5.82 Å². The highest BCUT2D eigenvalue weighted by molar-refractivity contribution is 5.02. The number of nitrogens with zero attached hydrogens (tertiary/aromatic N) is 2. The molecule has 2 atom stereocenters. The molecule has 7 heteroatoms. The Balaban J connectivity index is 2.09. The van der Waals surface area contributed by atoms with E-state index in [-0.39, 0.29) is 11.8 Å². The minimum Gasteiger partial charge on any atom is -0.383 e. The predicted molar refractivity (Wildman–Crippen MR) is 56.0 cm³/mol. The first-order valence-electron chi connectivity index (χ1n) is 5.98. The highest BCUT2D eigenvalue weighted by Crippen LogP contribution is 2.34. The Morgan fingerprint density at radius 1 is 1.33 bits per heavy atom. The largest absolute Gasteiger partial charge is 0.415 e. The molecule has 2 unspecified atom stereocenters. The summed E-state index contributed by atoms with van der Waals surface area (Å²) in [6.07, 6.45) is -3.12. The van der Waals surface area contributed by atoms with Crippen LogP contribution in [0.2, 0.25) is 0 Å². The standard InChI is InChI=1S/C11H15F3N2O2/c1-6(8(17)11(12,13)14)10-15-9(16-18-10)7-4-2-3-5-7/h6-8,17H,2-5H2,1H3. The molecule has 1 fully saturated rings. The van der Waals surface area contributed by atoms with E-state index in [0.717, 1.165) is 25.7 Å². The van der Waals surface area contributed by atoms with E-state index in [1.165, 1.54) is 6.92 Å². The molecule has 1 aliphatic carbocycles. The molecule has 0 spiro atoms. The highest BCUT2D eigenvalue weighted by Gasteiger charge is 2.44. The van der Waals surface area contributed by atoms with Gasteiger partial charge in [0.2, 0.25) is 5.89 Å². The topological polar surface area (TPSA) is 59.2 Å². The Labute approximate surface area is 102 Å². The summed E-state index contributed by atoms with van der Waals surface area (Å²) in [4.78, 5) is 3.99. The first-order chi connectivity index (χ1) is 8.39. The molecule has 0 aromatic carbocycles. The maximum absolute atomic E-state index is 12.4. The van der Waals surface area contributed by atoms with Crippen LogP contribution >= 0.6 is 0 Å². The van der Waals surface area contributed by atoms with Gasteiger partial charge in [0.1, 0.15) is 0 Å². The lowest BCUT2D eigenvalue weighted by Gasteiger charge is -2.18. The van der Waals surface area contributed by atoms with Crippen molar-refractivity contribution in [2.24, 2.45) is 0 Å². The van der Waals surface area contributed by atoms with Crippen molar-refractivity contribution >= 4 is 0 Å². The first kappa shape index (κ1) is 13.3. The fourth-order valence-corrected chi connectivity index (χ4v) is 2.20. The van der Waals surface area contributed by atoms with Gasteiger partial charge >= 0.3 is 6.18 Å². The molecule has 2 rings (SSSR count). The van der Waals surface area contributed by atoms with Gasteiger partial charge in [0, 0.05) is 5.92 Å². The molecule has 1 saturated carbocycles. The monoisotopic (exact) mass is 264 g/mol. The van der Waals surface area contributed by atoms with Crippen molar-refractivity contribution in [3.63, 3.8) is 0 Å². The molecule has 1 aromatic heterocycles. The molecular formula is C11H15F3N2O2. The Bertz CT molecular complexity index is 399. The van der Waals surface area contributed by atoms with Crippen molar-refractivity contribution in [3.8, 4) is 0 Å². The molecule has 1 aromatic rings. The molecule has 0 radical (unpaired) electrons. The van der Waals surface area contributed by atoms with Crippen LogP contribution in [0.5, 0.6) is 0 Å². The fourth-order valence-electron chi connectivity index (χ4n) is 2.20. The summed E-state index contributed by atoms with van der Waals surface area (Å²) in [6.45, 7) is 1.23. The summed E-state index contributed by atoms with van der Waals surface area (Å²) in [5, 5.41) is 12.8. The summed E-state index contributed by atoms with van der Waals surface area (Å²) in [5.74, 6) is -0.754. The Morgan fingerprint density at radius 2 is 1.94 bits per heavy atom. The third-order valence-corrected chi connectivity index (χ3v) is 3.38. The van der Waals surface area contributed by atoms with Gasteiger partial charge in [-0.2, -0.15) is 18.2 Å². The number of aromatic nitrogens is 2. The van der Waals surface area contributed by atoms with E-state index < -0.39 is 18.2 Å². The molecular weight excluding hydrogens is 249 g/mol. The van der Waals surface area contributed by atoms with Crippen molar-refractivity contribution in [2.75, 3.05) is 0 Å². The third-order valence-electron chi connectivity index (χ3n) is 3.38. The zero-order valence-corrected chi connectivity index (χ0v) is 9.94. The fraction of sp³-hybridized carbons (Fsp3) is 0.818. The Hall–Kier alpha value is -1.11. The second-order valence-electron chi connectivity index (χ2n) is 4.75. The van der Waals surface area contributed by atoms with Crippen LogP contribution in [-0.4, -0.2) is 27.5 Å². The van der Waals surface area contributed by atoms with Crippen LogP contribution in [0, 0.1) is 0 Å². The SMILES string of the molecule is CC(c1nc(C2CCCC2)no1)C(O)C(F)(F)F. The zero-order chi connectivity index (χ0) is 13.3. The molecule has 0 amide bonds. The van der Waals surface area contributed by atoms with Crippen molar-refractivity contribution < 1.29 is 22.8 Å². The molecule has 1 heterocycles. The van der Waals surface area contributed by atoms with E-state index in [9.17, 15) is 13.2 Å². The van der Waals surface area contributed by atoms with E-state index in [2.05, 4.69) is 10.1 Å². The van der Waals surface area contributed by atoms with Gasteiger partial charge in [-0.15, -0.1) is 0 Å². The normalized spacial score (nSPS) is 21.2. The number of hydrogen-bond donors (Lipinski definition) is 1. The van der Waals surface area contributed by atoms with Gasteiger partial charge in [0.25, 0.3) is 0 Å². The average molecular weight is 264 g/mol. The van der Waals surface area contributed by atoms with Crippen LogP contribution in [0.4, 0.5) is 13.2 Å². The quantitative estimate of drug-likeness (QED) is 0.912. The summed E-state index contributed by atoms with van der Waals surface area (Å²) in [5.41, 5.74) is 0. The van der Waals surface area contributed by atoms with Gasteiger partial charge in [-0.05, 0) is 12.8 Å². The van der Waals surface area contributed by atoms with Gasteiger partial charge in [0.05, 0.1) is 5.92 Å². The molecule has 102 valence electrons. The second kappa shape index (κ2) is 4.87. The average Bonchev–Trinajstić information content (AvgIpc) is 2.95. The lowest BCUT2D eigenvalue weighted by atomic mass is 10.0. The van der Waals surface area contributed by atoms with Gasteiger partial charge in [-0.3, -0.25) is 0 Å². The molecule has 1 aliphatic rings. The summed E-state index contributed by atoms with van der Waals surface area (Å²) in [6, 6.07) is 0. The van der Waals surface area contributed by atoms with Crippen LogP contribution in [0.1, 0.15) is 56.2 Å². The van der Waals surface area contributed by atoms with Crippen LogP contribution in [0.25, 0.3) is 0 Å². The zero-order valence-electron chi connectivity index (χ0n) is 9.94. The van der Waals surface area contributed by atoms with Crippen molar-refractivity contribution in [3.05, 3.63) is 11.7 Å². The highest BCUT2D eigenvalue weighted by atomic mass is 19.4. The van der Waals surface area contributed by atoms with Crippen LogP contribution in [-0.2, 0) is 0 Å². The molecule has 0 aliphatic heterocycles. The second-order valence-corrected chi connectivity index (χ2v) is 4.75. The summed E-state index contributed by atoms with van der Waals surface area (Å²) < 4.78 is 41.9. The Morgan fingerprint density at radius 3 is 2.50 bits per heavy atom. The molecule has 0 saturated heterocycles. The maximum atomic E-state index is 12.4. The number of hydrogen-bond acceptors (Lipinski definition) is 4. The van der Waals surface area contributed by atoms with E-state index in [1.807, 2.05) is 0 Å². The van der Waals surface area contributed by atoms with Gasteiger partial charge in [-0.25, -0.2) is 0 Å². The summed E-state index contributed by atoms with van der Waals surface area (Å²) >= 11 is 0. The lowest BCUT2D eigenvalue weighted by Crippen LogP contribution is -2.33. The predicted octanol–water partition coefficient (Wildman–Crippen LogP) is 2.75. The maximum Gasteiger partial charge on any atom is 0.415 e. The molecule has 4 nitrogen and oxygen atoms in total. The van der Waals surface area contributed by atoms with E-state index in [4.69, 9.17) is 9.63 Å².